The maximum absolute atomic E-state index is 13.3. The van der Waals surface area contributed by atoms with E-state index in [1.807, 2.05) is 43.3 Å². The molecule has 0 unspecified atom stereocenters. The third-order valence-electron chi connectivity index (χ3n) is 5.27. The van der Waals surface area contributed by atoms with Crippen molar-refractivity contribution in [2.75, 3.05) is 13.1 Å². The van der Waals surface area contributed by atoms with E-state index in [1.165, 1.54) is 0 Å². The maximum Gasteiger partial charge on any atom is 0.254 e. The number of aryl methyl sites for hydroxylation is 2. The zero-order chi connectivity index (χ0) is 20.6. The molecule has 152 valence electrons. The molecule has 2 amide bonds. The van der Waals surface area contributed by atoms with Crippen LogP contribution in [-0.2, 0) is 4.79 Å². The molecule has 7 heteroatoms. The molecule has 0 aliphatic carbocycles. The van der Waals surface area contributed by atoms with Gasteiger partial charge in [0.05, 0.1) is 16.6 Å². The number of amides is 2. The van der Waals surface area contributed by atoms with Crippen LogP contribution in [0.5, 0.6) is 0 Å². The number of pyridine rings is 1. The van der Waals surface area contributed by atoms with E-state index >= 15 is 0 Å². The Hall–Kier alpha value is -2.44. The third kappa shape index (κ3) is 3.88. The lowest BCUT2D eigenvalue weighted by Crippen LogP contribution is -2.44. The van der Waals surface area contributed by atoms with Gasteiger partial charge in [-0.1, -0.05) is 0 Å². The van der Waals surface area contributed by atoms with Gasteiger partial charge in [0, 0.05) is 36.8 Å². The van der Waals surface area contributed by atoms with Crippen molar-refractivity contribution in [2.45, 2.75) is 66.5 Å². The first-order valence-electron chi connectivity index (χ1n) is 10.1. The summed E-state index contributed by atoms with van der Waals surface area (Å²) in [7, 11) is 0. The van der Waals surface area contributed by atoms with Gasteiger partial charge >= 0.3 is 0 Å². The smallest absolute Gasteiger partial charge is 0.254 e. The molecule has 2 aromatic heterocycles. The topological polar surface area (TPSA) is 80.1 Å². The fourth-order valence-electron chi connectivity index (χ4n) is 3.88. The molecular weight excluding hydrogens is 354 g/mol. The Labute approximate surface area is 166 Å². The van der Waals surface area contributed by atoms with E-state index < -0.39 is 0 Å². The number of rotatable bonds is 4. The summed E-state index contributed by atoms with van der Waals surface area (Å²) in [4.78, 5) is 32.1. The predicted molar refractivity (Wildman–Crippen MR) is 109 cm³/mol. The molecule has 3 rings (SSSR count). The van der Waals surface area contributed by atoms with Crippen molar-refractivity contribution in [3.8, 4) is 0 Å². The number of carbonyl (C=O) groups is 2. The minimum Gasteiger partial charge on any atom is -0.354 e. The van der Waals surface area contributed by atoms with Crippen molar-refractivity contribution < 1.29 is 9.59 Å². The molecule has 0 spiro atoms. The Kier molecular flexibility index (Phi) is 5.72. The van der Waals surface area contributed by atoms with Crippen molar-refractivity contribution in [2.24, 2.45) is 5.92 Å². The average Bonchev–Trinajstić information content (AvgIpc) is 2.96. The SMILES string of the molecule is Cc1cc(C(=O)N2CCC(C(=O)NC(C)C)CC2)c2c(C)nn(C(C)C)c2n1. The molecule has 0 saturated carbocycles. The number of aromatic nitrogens is 3. The minimum atomic E-state index is -0.0175. The molecule has 1 aliphatic rings. The molecule has 0 radical (unpaired) electrons. The molecule has 0 aromatic carbocycles. The first kappa shape index (κ1) is 20.3. The summed E-state index contributed by atoms with van der Waals surface area (Å²) in [5.74, 6) is 0.0824. The van der Waals surface area contributed by atoms with Gasteiger partial charge in [-0.25, -0.2) is 9.67 Å². The molecule has 7 nitrogen and oxygen atoms in total. The minimum absolute atomic E-state index is 0.00428. The number of likely N-dealkylation sites (tertiary alicyclic amines) is 1. The van der Waals surface area contributed by atoms with E-state index in [1.54, 1.807) is 0 Å². The van der Waals surface area contributed by atoms with Gasteiger partial charge in [0.1, 0.15) is 0 Å². The second kappa shape index (κ2) is 7.89. The van der Waals surface area contributed by atoms with E-state index in [2.05, 4.69) is 29.2 Å². The summed E-state index contributed by atoms with van der Waals surface area (Å²) in [6.45, 7) is 13.1. The van der Waals surface area contributed by atoms with Crippen molar-refractivity contribution in [1.82, 2.24) is 25.0 Å². The van der Waals surface area contributed by atoms with Crippen LogP contribution < -0.4 is 5.32 Å². The fraction of sp³-hybridized carbons (Fsp3) is 0.619. The second-order valence-electron chi connectivity index (χ2n) is 8.36. The van der Waals surface area contributed by atoms with Gasteiger partial charge in [0.15, 0.2) is 5.65 Å². The molecule has 1 N–H and O–H groups in total. The Morgan fingerprint density at radius 1 is 1.14 bits per heavy atom. The standard InChI is InChI=1S/C21H31N5O2/c1-12(2)22-20(27)16-7-9-25(10-8-16)21(28)17-11-14(5)23-19-18(17)15(6)24-26(19)13(3)4/h11-13,16H,7-10H2,1-6H3,(H,22,27). The van der Waals surface area contributed by atoms with E-state index in [0.29, 0.717) is 31.5 Å². The van der Waals surface area contributed by atoms with Crippen LogP contribution in [0.4, 0.5) is 0 Å². The van der Waals surface area contributed by atoms with Gasteiger partial charge in [0.25, 0.3) is 5.91 Å². The van der Waals surface area contributed by atoms with Gasteiger partial charge in [-0.2, -0.15) is 5.10 Å². The quantitative estimate of drug-likeness (QED) is 0.877. The van der Waals surface area contributed by atoms with Gasteiger partial charge < -0.3 is 10.2 Å². The number of nitrogens with one attached hydrogen (secondary N) is 1. The Balaban J connectivity index is 1.84. The lowest BCUT2D eigenvalue weighted by atomic mass is 9.95. The molecule has 3 heterocycles. The fourth-order valence-corrected chi connectivity index (χ4v) is 3.88. The number of hydrogen-bond acceptors (Lipinski definition) is 4. The van der Waals surface area contributed by atoms with E-state index in [0.717, 1.165) is 22.4 Å². The highest BCUT2D eigenvalue weighted by Crippen LogP contribution is 2.27. The van der Waals surface area contributed by atoms with E-state index in [-0.39, 0.29) is 29.8 Å². The normalized spacial score (nSPS) is 15.6. The summed E-state index contributed by atoms with van der Waals surface area (Å²) in [6, 6.07) is 2.17. The summed E-state index contributed by atoms with van der Waals surface area (Å²) >= 11 is 0. The molecule has 0 atom stereocenters. The maximum atomic E-state index is 13.3. The number of piperidine rings is 1. The van der Waals surface area contributed by atoms with Crippen molar-refractivity contribution in [1.29, 1.82) is 0 Å². The molecule has 2 aromatic rings. The molecule has 1 saturated heterocycles. The molecule has 1 fully saturated rings. The lowest BCUT2D eigenvalue weighted by Gasteiger charge is -2.32. The van der Waals surface area contributed by atoms with Crippen LogP contribution in [0.3, 0.4) is 0 Å². The second-order valence-corrected chi connectivity index (χ2v) is 8.36. The number of carbonyl (C=O) groups excluding carboxylic acids is 2. The summed E-state index contributed by atoms with van der Waals surface area (Å²) in [5, 5.41) is 8.43. The van der Waals surface area contributed by atoms with Gasteiger partial charge in [-0.05, 0) is 60.5 Å². The van der Waals surface area contributed by atoms with Crippen molar-refractivity contribution in [3.63, 3.8) is 0 Å². The number of hydrogen-bond donors (Lipinski definition) is 1. The first-order valence-corrected chi connectivity index (χ1v) is 10.1. The lowest BCUT2D eigenvalue weighted by molar-refractivity contribution is -0.126. The molecule has 1 aliphatic heterocycles. The van der Waals surface area contributed by atoms with Crippen LogP contribution >= 0.6 is 0 Å². The summed E-state index contributed by atoms with van der Waals surface area (Å²) in [6.07, 6.45) is 1.39. The molecule has 28 heavy (non-hydrogen) atoms. The van der Waals surface area contributed by atoms with Crippen LogP contribution in [-0.4, -0.2) is 50.6 Å². The van der Waals surface area contributed by atoms with Crippen molar-refractivity contribution >= 4 is 22.8 Å². The highest BCUT2D eigenvalue weighted by Gasteiger charge is 2.30. The number of fused-ring (bicyclic) bond motifs is 1. The predicted octanol–water partition coefficient (Wildman–Crippen LogP) is 3.01. The highest BCUT2D eigenvalue weighted by molar-refractivity contribution is 6.06. The van der Waals surface area contributed by atoms with Gasteiger partial charge in [-0.3, -0.25) is 9.59 Å². The zero-order valence-electron chi connectivity index (χ0n) is 17.7. The van der Waals surface area contributed by atoms with Crippen LogP contribution in [0.15, 0.2) is 6.07 Å². The van der Waals surface area contributed by atoms with Crippen LogP contribution in [0.2, 0.25) is 0 Å². The highest BCUT2D eigenvalue weighted by atomic mass is 16.2. The monoisotopic (exact) mass is 385 g/mol. The van der Waals surface area contributed by atoms with E-state index in [9.17, 15) is 9.59 Å². The Morgan fingerprint density at radius 2 is 1.79 bits per heavy atom. The summed E-state index contributed by atoms with van der Waals surface area (Å²) in [5.41, 5.74) is 3.06. The largest absolute Gasteiger partial charge is 0.354 e. The Bertz CT molecular complexity index is 892. The van der Waals surface area contributed by atoms with E-state index in [4.69, 9.17) is 0 Å². The Morgan fingerprint density at radius 3 is 2.36 bits per heavy atom. The van der Waals surface area contributed by atoms with Gasteiger partial charge in [-0.15, -0.1) is 0 Å². The van der Waals surface area contributed by atoms with Gasteiger partial charge in [0.2, 0.25) is 5.91 Å². The summed E-state index contributed by atoms with van der Waals surface area (Å²) < 4.78 is 1.89. The van der Waals surface area contributed by atoms with Crippen LogP contribution in [0.1, 0.15) is 68.3 Å². The van der Waals surface area contributed by atoms with Crippen LogP contribution in [0.25, 0.3) is 11.0 Å². The molecule has 0 bridgehead atoms. The molecular formula is C21H31N5O2. The van der Waals surface area contributed by atoms with Crippen molar-refractivity contribution in [3.05, 3.63) is 23.0 Å². The number of nitrogens with zero attached hydrogens (tertiary/aromatic N) is 4. The zero-order valence-corrected chi connectivity index (χ0v) is 17.7. The average molecular weight is 386 g/mol. The third-order valence-corrected chi connectivity index (χ3v) is 5.27. The van der Waals surface area contributed by atoms with Crippen LogP contribution in [0, 0.1) is 19.8 Å². The first-order chi connectivity index (χ1) is 13.2.